The first-order valence-corrected chi connectivity index (χ1v) is 7.38. The van der Waals surface area contributed by atoms with Gasteiger partial charge in [0.1, 0.15) is 17.1 Å². The van der Waals surface area contributed by atoms with Crippen molar-refractivity contribution in [1.29, 1.82) is 0 Å². The molecule has 6 nitrogen and oxygen atoms in total. The van der Waals surface area contributed by atoms with Gasteiger partial charge in [0.15, 0.2) is 0 Å². The lowest BCUT2D eigenvalue weighted by Crippen LogP contribution is -2.06. The SMILES string of the molecule is Cc1cc(O)c(-c2c(-c3ccccc3)nc3ncccn23)c(=O)o1. The number of aryl methyl sites for hydroxylation is 1. The molecular weight excluding hydrogens is 306 g/mol. The van der Waals surface area contributed by atoms with Gasteiger partial charge in [-0.15, -0.1) is 0 Å². The zero-order chi connectivity index (χ0) is 16.7. The zero-order valence-electron chi connectivity index (χ0n) is 12.8. The standard InChI is InChI=1S/C18H13N3O3/c1-11-10-13(22)14(17(23)24-11)16-15(12-6-3-2-4-7-12)20-18-19-8-5-9-21(16)18/h2-10,22H,1H3. The summed E-state index contributed by atoms with van der Waals surface area (Å²) in [4.78, 5) is 21.2. The van der Waals surface area contributed by atoms with Crippen molar-refractivity contribution in [2.75, 3.05) is 0 Å². The summed E-state index contributed by atoms with van der Waals surface area (Å²) in [6.07, 6.45) is 3.37. The van der Waals surface area contributed by atoms with E-state index in [1.54, 1.807) is 29.8 Å². The maximum atomic E-state index is 12.4. The summed E-state index contributed by atoms with van der Waals surface area (Å²) in [5, 5.41) is 10.4. The van der Waals surface area contributed by atoms with Gasteiger partial charge in [0.05, 0.1) is 11.4 Å². The number of aromatic nitrogens is 3. The molecule has 0 atom stereocenters. The van der Waals surface area contributed by atoms with Crippen LogP contribution in [0.15, 0.2) is 64.1 Å². The average Bonchev–Trinajstić information content (AvgIpc) is 2.94. The molecule has 0 radical (unpaired) electrons. The van der Waals surface area contributed by atoms with Crippen molar-refractivity contribution in [1.82, 2.24) is 14.4 Å². The summed E-state index contributed by atoms with van der Waals surface area (Å²) in [6.45, 7) is 1.61. The fourth-order valence-corrected chi connectivity index (χ4v) is 2.74. The van der Waals surface area contributed by atoms with Crippen molar-refractivity contribution in [2.45, 2.75) is 6.92 Å². The predicted molar refractivity (Wildman–Crippen MR) is 88.8 cm³/mol. The Morgan fingerprint density at radius 2 is 1.96 bits per heavy atom. The lowest BCUT2D eigenvalue weighted by atomic mass is 10.1. The molecule has 0 aliphatic heterocycles. The van der Waals surface area contributed by atoms with Crippen LogP contribution in [0, 0.1) is 6.92 Å². The minimum absolute atomic E-state index is 0.0694. The van der Waals surface area contributed by atoms with E-state index in [1.165, 1.54) is 6.07 Å². The molecule has 1 aromatic carbocycles. The van der Waals surface area contributed by atoms with E-state index in [0.29, 0.717) is 22.9 Å². The third-order valence-corrected chi connectivity index (χ3v) is 3.74. The van der Waals surface area contributed by atoms with E-state index in [2.05, 4.69) is 9.97 Å². The topological polar surface area (TPSA) is 80.6 Å². The fraction of sp³-hybridized carbons (Fsp3) is 0.0556. The Kier molecular flexibility index (Phi) is 3.16. The van der Waals surface area contributed by atoms with E-state index in [1.807, 2.05) is 30.3 Å². The average molecular weight is 319 g/mol. The summed E-state index contributed by atoms with van der Waals surface area (Å²) in [5.41, 5.74) is 1.28. The summed E-state index contributed by atoms with van der Waals surface area (Å²) < 4.78 is 6.85. The molecule has 0 aliphatic carbocycles. The highest BCUT2D eigenvalue weighted by molar-refractivity contribution is 5.83. The maximum absolute atomic E-state index is 12.4. The smallest absolute Gasteiger partial charge is 0.349 e. The van der Waals surface area contributed by atoms with E-state index in [0.717, 1.165) is 5.56 Å². The molecule has 6 heteroatoms. The minimum atomic E-state index is -0.615. The predicted octanol–water partition coefficient (Wildman–Crippen LogP) is 3.03. The van der Waals surface area contributed by atoms with Gasteiger partial charge in [-0.25, -0.2) is 14.8 Å². The number of hydrogen-bond acceptors (Lipinski definition) is 5. The van der Waals surface area contributed by atoms with Gasteiger partial charge in [-0.05, 0) is 13.0 Å². The molecular formula is C18H13N3O3. The highest BCUT2D eigenvalue weighted by Gasteiger charge is 2.23. The molecule has 0 unspecified atom stereocenters. The summed E-state index contributed by atoms with van der Waals surface area (Å²) in [6, 6.07) is 12.6. The van der Waals surface area contributed by atoms with Crippen molar-refractivity contribution < 1.29 is 9.52 Å². The van der Waals surface area contributed by atoms with Gasteiger partial charge in [-0.1, -0.05) is 30.3 Å². The lowest BCUT2D eigenvalue weighted by molar-refractivity contribution is 0.438. The Bertz CT molecular complexity index is 1100. The number of aromatic hydroxyl groups is 1. The van der Waals surface area contributed by atoms with Crippen LogP contribution < -0.4 is 5.63 Å². The fourth-order valence-electron chi connectivity index (χ4n) is 2.74. The van der Waals surface area contributed by atoms with E-state index >= 15 is 0 Å². The monoisotopic (exact) mass is 319 g/mol. The summed E-state index contributed by atoms with van der Waals surface area (Å²) in [7, 11) is 0. The highest BCUT2D eigenvalue weighted by Crippen LogP contribution is 2.35. The molecule has 0 saturated heterocycles. The second-order valence-corrected chi connectivity index (χ2v) is 5.37. The molecule has 1 N–H and O–H groups in total. The van der Waals surface area contributed by atoms with Gasteiger partial charge in [-0.2, -0.15) is 0 Å². The molecule has 118 valence electrons. The second kappa shape index (κ2) is 5.34. The van der Waals surface area contributed by atoms with Gasteiger partial charge in [0, 0.05) is 24.0 Å². The first-order valence-electron chi connectivity index (χ1n) is 7.38. The Morgan fingerprint density at radius 1 is 1.17 bits per heavy atom. The molecule has 0 spiro atoms. The van der Waals surface area contributed by atoms with Crippen molar-refractivity contribution in [3.8, 4) is 28.3 Å². The normalized spacial score (nSPS) is 11.0. The third-order valence-electron chi connectivity index (χ3n) is 3.74. The summed E-state index contributed by atoms with van der Waals surface area (Å²) in [5.74, 6) is 0.631. The van der Waals surface area contributed by atoms with Crippen LogP contribution in [-0.2, 0) is 0 Å². The maximum Gasteiger partial charge on any atom is 0.349 e. The Hall–Kier alpha value is -3.41. The van der Waals surface area contributed by atoms with Crippen LogP contribution in [0.25, 0.3) is 28.3 Å². The van der Waals surface area contributed by atoms with Crippen LogP contribution in [0.2, 0.25) is 0 Å². The molecule has 4 rings (SSSR count). The van der Waals surface area contributed by atoms with Crippen LogP contribution in [0.5, 0.6) is 5.75 Å². The molecule has 0 aliphatic rings. The summed E-state index contributed by atoms with van der Waals surface area (Å²) >= 11 is 0. The lowest BCUT2D eigenvalue weighted by Gasteiger charge is -2.06. The molecule has 0 amide bonds. The molecule has 4 aromatic rings. The van der Waals surface area contributed by atoms with E-state index in [-0.39, 0.29) is 11.3 Å². The Labute approximate surface area is 136 Å². The largest absolute Gasteiger partial charge is 0.507 e. The van der Waals surface area contributed by atoms with Crippen molar-refractivity contribution in [3.05, 3.63) is 71.0 Å². The Balaban J connectivity index is 2.14. The second-order valence-electron chi connectivity index (χ2n) is 5.37. The molecule has 0 saturated carbocycles. The van der Waals surface area contributed by atoms with E-state index in [9.17, 15) is 9.90 Å². The molecule has 0 fully saturated rings. The van der Waals surface area contributed by atoms with Gasteiger partial charge < -0.3 is 9.52 Å². The molecule has 24 heavy (non-hydrogen) atoms. The van der Waals surface area contributed by atoms with Crippen LogP contribution in [0.1, 0.15) is 5.76 Å². The number of hydrogen-bond donors (Lipinski definition) is 1. The number of imidazole rings is 1. The van der Waals surface area contributed by atoms with Crippen LogP contribution in [0.4, 0.5) is 0 Å². The molecule has 0 bridgehead atoms. The zero-order valence-corrected chi connectivity index (χ0v) is 12.8. The first kappa shape index (κ1) is 14.2. The van der Waals surface area contributed by atoms with Gasteiger partial charge >= 0.3 is 5.63 Å². The van der Waals surface area contributed by atoms with E-state index < -0.39 is 5.63 Å². The van der Waals surface area contributed by atoms with Gasteiger partial charge in [0.25, 0.3) is 0 Å². The number of benzene rings is 1. The quantitative estimate of drug-likeness (QED) is 0.614. The van der Waals surface area contributed by atoms with Gasteiger partial charge in [-0.3, -0.25) is 4.40 Å². The first-order chi connectivity index (χ1) is 11.6. The van der Waals surface area contributed by atoms with Crippen molar-refractivity contribution in [3.63, 3.8) is 0 Å². The Morgan fingerprint density at radius 3 is 2.71 bits per heavy atom. The number of fused-ring (bicyclic) bond motifs is 1. The van der Waals surface area contributed by atoms with Crippen molar-refractivity contribution in [2.24, 2.45) is 0 Å². The highest BCUT2D eigenvalue weighted by atomic mass is 16.4. The molecule has 3 aromatic heterocycles. The number of rotatable bonds is 2. The van der Waals surface area contributed by atoms with Crippen molar-refractivity contribution >= 4 is 5.78 Å². The minimum Gasteiger partial charge on any atom is -0.507 e. The van der Waals surface area contributed by atoms with Crippen LogP contribution >= 0.6 is 0 Å². The molecule has 3 heterocycles. The third kappa shape index (κ3) is 2.16. The van der Waals surface area contributed by atoms with Crippen LogP contribution in [-0.4, -0.2) is 19.5 Å². The number of nitrogens with zero attached hydrogens (tertiary/aromatic N) is 3. The van der Waals surface area contributed by atoms with Crippen LogP contribution in [0.3, 0.4) is 0 Å². The van der Waals surface area contributed by atoms with E-state index in [4.69, 9.17) is 4.42 Å². The van der Waals surface area contributed by atoms with Gasteiger partial charge in [0.2, 0.25) is 5.78 Å².